The van der Waals surface area contributed by atoms with E-state index < -0.39 is 0 Å². The highest BCUT2D eigenvalue weighted by atomic mass is 32.1. The fourth-order valence-electron chi connectivity index (χ4n) is 10.5. The van der Waals surface area contributed by atoms with E-state index in [0.717, 1.165) is 88.4 Å². The Morgan fingerprint density at radius 1 is 0.353 bits per heavy atom. The van der Waals surface area contributed by atoms with Gasteiger partial charge in [-0.05, 0) is 89.1 Å². The van der Waals surface area contributed by atoms with E-state index in [-0.39, 0.29) is 0 Å². The number of fused-ring (bicyclic) bond motifs is 13. The van der Waals surface area contributed by atoms with Gasteiger partial charge in [-0.1, -0.05) is 133 Å². The van der Waals surface area contributed by atoms with Crippen molar-refractivity contribution in [1.82, 2.24) is 19.5 Å². The van der Waals surface area contributed by atoms with E-state index in [4.69, 9.17) is 23.8 Å². The summed E-state index contributed by atoms with van der Waals surface area (Å²) in [6, 6.07) is 72.9. The molecular formula is C61H34N4O2S. The Labute approximate surface area is 391 Å². The van der Waals surface area contributed by atoms with Crippen molar-refractivity contribution in [2.24, 2.45) is 0 Å². The van der Waals surface area contributed by atoms with Crippen LogP contribution in [0, 0.1) is 0 Å². The largest absolute Gasteiger partial charge is 0.456 e. The number of benzene rings is 10. The van der Waals surface area contributed by atoms with E-state index in [9.17, 15) is 0 Å². The highest BCUT2D eigenvalue weighted by Gasteiger charge is 2.23. The van der Waals surface area contributed by atoms with Gasteiger partial charge >= 0.3 is 0 Å². The maximum absolute atomic E-state index is 6.62. The van der Waals surface area contributed by atoms with Gasteiger partial charge in [0, 0.05) is 69.2 Å². The van der Waals surface area contributed by atoms with Crippen LogP contribution in [0.4, 0.5) is 0 Å². The van der Waals surface area contributed by atoms with Crippen LogP contribution in [0.1, 0.15) is 0 Å². The highest BCUT2D eigenvalue weighted by molar-refractivity contribution is 7.25. The van der Waals surface area contributed by atoms with Crippen LogP contribution in [-0.4, -0.2) is 19.5 Å². The zero-order valence-corrected chi connectivity index (χ0v) is 37.0. The molecule has 0 bridgehead atoms. The van der Waals surface area contributed by atoms with Crippen molar-refractivity contribution in [2.45, 2.75) is 0 Å². The standard InChI is InChI=1S/C61H34N4O2S/c1-2-14-36-33-51-48(31-35(36)13-1)39-15-3-7-22-49(39)65(51)50-30-28-38(32-47(50)37-27-29-42-41-17-6-10-26-55(41)68-56(42)34-37)59-62-60(45-20-12-25-54-57(45)44-18-5-9-24-53(44)66-54)64-61(63-59)46-21-11-19-43-40-16-4-8-23-52(40)67-58(43)46/h1-34H. The Hall–Kier alpha value is -8.91. The fourth-order valence-corrected chi connectivity index (χ4v) is 11.7. The lowest BCUT2D eigenvalue weighted by Gasteiger charge is -2.17. The Balaban J connectivity index is 1.02. The lowest BCUT2D eigenvalue weighted by molar-refractivity contribution is 0.668. The first-order valence-corrected chi connectivity index (χ1v) is 23.6. The summed E-state index contributed by atoms with van der Waals surface area (Å²) in [6.07, 6.45) is 0. The van der Waals surface area contributed by atoms with E-state index in [1.165, 1.54) is 41.7 Å². The predicted octanol–water partition coefficient (Wildman–Crippen LogP) is 17.0. The Morgan fingerprint density at radius 2 is 0.985 bits per heavy atom. The predicted molar refractivity (Wildman–Crippen MR) is 281 cm³/mol. The third-order valence-corrected chi connectivity index (χ3v) is 14.8. The molecule has 7 heteroatoms. The molecule has 10 aromatic carbocycles. The summed E-state index contributed by atoms with van der Waals surface area (Å²) >= 11 is 1.83. The van der Waals surface area contributed by atoms with Crippen LogP contribution in [0.3, 0.4) is 0 Å². The Morgan fingerprint density at radius 3 is 1.87 bits per heavy atom. The average Bonchev–Trinajstić information content (AvgIpc) is 4.16. The lowest BCUT2D eigenvalue weighted by atomic mass is 9.98. The van der Waals surface area contributed by atoms with Crippen LogP contribution < -0.4 is 0 Å². The van der Waals surface area contributed by atoms with E-state index in [2.05, 4.69) is 156 Å². The van der Waals surface area contributed by atoms with Crippen molar-refractivity contribution in [2.75, 3.05) is 0 Å². The zero-order valence-electron chi connectivity index (χ0n) is 36.1. The van der Waals surface area contributed by atoms with Crippen molar-refractivity contribution in [3.63, 3.8) is 0 Å². The van der Waals surface area contributed by atoms with Gasteiger partial charge in [-0.2, -0.15) is 0 Å². The molecule has 0 saturated carbocycles. The third-order valence-electron chi connectivity index (χ3n) is 13.6. The summed E-state index contributed by atoms with van der Waals surface area (Å²) < 4.78 is 17.9. The fraction of sp³-hybridized carbons (Fsp3) is 0. The second-order valence-corrected chi connectivity index (χ2v) is 18.6. The normalized spacial score (nSPS) is 12.1. The molecule has 0 amide bonds. The number of nitrogens with zero attached hydrogens (tertiary/aromatic N) is 4. The minimum atomic E-state index is 0.519. The molecule has 15 rings (SSSR count). The topological polar surface area (TPSA) is 69.9 Å². The molecule has 6 nitrogen and oxygen atoms in total. The molecule has 0 fully saturated rings. The monoisotopic (exact) mass is 886 g/mol. The van der Waals surface area contributed by atoms with Crippen LogP contribution in [0.2, 0.25) is 0 Å². The van der Waals surface area contributed by atoms with Crippen LogP contribution in [0.25, 0.3) is 148 Å². The van der Waals surface area contributed by atoms with Gasteiger partial charge in [-0.25, -0.2) is 15.0 Å². The van der Waals surface area contributed by atoms with Gasteiger partial charge in [0.05, 0.1) is 22.3 Å². The molecule has 0 aliphatic carbocycles. The van der Waals surface area contributed by atoms with Gasteiger partial charge in [0.2, 0.25) is 0 Å². The zero-order chi connectivity index (χ0) is 44.5. The number of hydrogen-bond acceptors (Lipinski definition) is 6. The van der Waals surface area contributed by atoms with Gasteiger partial charge in [-0.3, -0.25) is 0 Å². The first-order valence-electron chi connectivity index (χ1n) is 22.7. The number of thiophene rings is 1. The lowest BCUT2D eigenvalue weighted by Crippen LogP contribution is -2.02. The summed E-state index contributed by atoms with van der Waals surface area (Å²) in [4.78, 5) is 16.1. The van der Waals surface area contributed by atoms with Crippen molar-refractivity contribution in [3.8, 4) is 51.0 Å². The molecule has 15 aromatic rings. The molecule has 68 heavy (non-hydrogen) atoms. The summed E-state index contributed by atoms with van der Waals surface area (Å²) in [5.41, 5.74) is 11.1. The van der Waals surface area contributed by atoms with Gasteiger partial charge < -0.3 is 13.4 Å². The van der Waals surface area contributed by atoms with Crippen LogP contribution in [-0.2, 0) is 0 Å². The average molecular weight is 887 g/mol. The summed E-state index contributed by atoms with van der Waals surface area (Å²) in [7, 11) is 0. The minimum absolute atomic E-state index is 0.519. The van der Waals surface area contributed by atoms with Crippen LogP contribution in [0.5, 0.6) is 0 Å². The highest BCUT2D eigenvalue weighted by Crippen LogP contribution is 2.44. The van der Waals surface area contributed by atoms with Gasteiger partial charge in [-0.15, -0.1) is 11.3 Å². The molecule has 0 radical (unpaired) electrons. The van der Waals surface area contributed by atoms with Crippen LogP contribution >= 0.6 is 11.3 Å². The van der Waals surface area contributed by atoms with Crippen LogP contribution in [0.15, 0.2) is 215 Å². The molecule has 0 aliphatic heterocycles. The first-order chi connectivity index (χ1) is 33.7. The molecular weight excluding hydrogens is 853 g/mol. The van der Waals surface area contributed by atoms with Gasteiger partial charge in [0.25, 0.3) is 0 Å². The molecule has 0 spiro atoms. The number of furan rings is 2. The van der Waals surface area contributed by atoms with Gasteiger partial charge in [0.15, 0.2) is 17.5 Å². The quantitative estimate of drug-likeness (QED) is 0.172. The van der Waals surface area contributed by atoms with E-state index in [0.29, 0.717) is 17.5 Å². The Bertz CT molecular complexity index is 4590. The van der Waals surface area contributed by atoms with Crippen molar-refractivity contribution < 1.29 is 8.83 Å². The first kappa shape index (κ1) is 37.3. The number of para-hydroxylation sites is 4. The number of rotatable bonds is 5. The summed E-state index contributed by atoms with van der Waals surface area (Å²) in [5.74, 6) is 1.61. The smallest absolute Gasteiger partial charge is 0.167 e. The summed E-state index contributed by atoms with van der Waals surface area (Å²) in [6.45, 7) is 0. The second-order valence-electron chi connectivity index (χ2n) is 17.5. The molecule has 0 aliphatic rings. The SMILES string of the molecule is c1ccc2cc3c(cc2c1)c1ccccc1n3-c1ccc(-c2nc(-c3cccc4c3oc3ccccc34)nc(-c3cccc4oc5ccccc5c34)n2)cc1-c1ccc2c(c1)sc1ccccc12. The van der Waals surface area contributed by atoms with Crippen molar-refractivity contribution in [1.29, 1.82) is 0 Å². The third kappa shape index (κ3) is 5.54. The van der Waals surface area contributed by atoms with Crippen molar-refractivity contribution >= 4 is 108 Å². The molecule has 5 heterocycles. The maximum atomic E-state index is 6.62. The minimum Gasteiger partial charge on any atom is -0.456 e. The number of hydrogen-bond donors (Lipinski definition) is 0. The Kier molecular flexibility index (Phi) is 7.85. The van der Waals surface area contributed by atoms with E-state index in [1.807, 2.05) is 65.9 Å². The molecule has 5 aromatic heterocycles. The molecule has 0 unspecified atom stereocenters. The number of aromatic nitrogens is 4. The molecule has 0 atom stereocenters. The maximum Gasteiger partial charge on any atom is 0.167 e. The molecule has 316 valence electrons. The van der Waals surface area contributed by atoms with Crippen molar-refractivity contribution in [3.05, 3.63) is 206 Å². The molecule has 0 saturated heterocycles. The molecule has 0 N–H and O–H groups in total. The summed E-state index contributed by atoms with van der Waals surface area (Å²) in [5, 5.41) is 11.4. The second kappa shape index (κ2) is 14.3. The van der Waals surface area contributed by atoms with E-state index in [1.54, 1.807) is 0 Å². The van der Waals surface area contributed by atoms with Gasteiger partial charge in [0.1, 0.15) is 22.3 Å². The van der Waals surface area contributed by atoms with E-state index >= 15 is 0 Å².